The normalized spacial score (nSPS) is 13.7. The molecule has 0 radical (unpaired) electrons. The van der Waals surface area contributed by atoms with Crippen LogP contribution in [0.3, 0.4) is 0 Å². The van der Waals surface area contributed by atoms with E-state index in [1.807, 2.05) is 30.3 Å². The van der Waals surface area contributed by atoms with Gasteiger partial charge in [0.25, 0.3) is 0 Å². The third kappa shape index (κ3) is 2.67. The summed E-state index contributed by atoms with van der Waals surface area (Å²) in [5.41, 5.74) is 3.10. The van der Waals surface area contributed by atoms with Gasteiger partial charge in [0.1, 0.15) is 5.52 Å². The van der Waals surface area contributed by atoms with Crippen LogP contribution < -0.4 is 10.1 Å². The third-order valence-electron chi connectivity index (χ3n) is 4.02. The first-order valence-electron chi connectivity index (χ1n) is 7.82. The smallest absolute Gasteiger partial charge is 0.242 e. The van der Waals surface area contributed by atoms with E-state index in [0.717, 1.165) is 24.0 Å². The minimum Gasteiger partial charge on any atom is -0.479 e. The molecule has 0 atom stereocenters. The van der Waals surface area contributed by atoms with Gasteiger partial charge < -0.3 is 10.1 Å². The Morgan fingerprint density at radius 3 is 2.62 bits per heavy atom. The van der Waals surface area contributed by atoms with Gasteiger partial charge in [-0.05, 0) is 18.4 Å². The maximum absolute atomic E-state index is 11.9. The Morgan fingerprint density at radius 2 is 1.92 bits per heavy atom. The van der Waals surface area contributed by atoms with Gasteiger partial charge in [-0.1, -0.05) is 30.3 Å². The van der Waals surface area contributed by atoms with Crippen LogP contribution in [0.25, 0.3) is 22.2 Å². The molecule has 1 aliphatic carbocycles. The van der Waals surface area contributed by atoms with Gasteiger partial charge in [0.05, 0.1) is 13.3 Å². The van der Waals surface area contributed by atoms with Crippen LogP contribution in [0.4, 0.5) is 5.82 Å². The molecule has 0 unspecified atom stereocenters. The molecule has 1 aliphatic rings. The summed E-state index contributed by atoms with van der Waals surface area (Å²) in [7, 11) is 1.54. The number of pyridine rings is 1. The summed E-state index contributed by atoms with van der Waals surface area (Å²) in [5.74, 6) is 0.914. The predicted octanol–water partition coefficient (Wildman–Crippen LogP) is 3.05. The van der Waals surface area contributed by atoms with Gasteiger partial charge in [-0.25, -0.2) is 15.0 Å². The number of rotatable bonds is 4. The van der Waals surface area contributed by atoms with Crippen molar-refractivity contribution in [1.82, 2.24) is 15.0 Å². The topological polar surface area (TPSA) is 77.0 Å². The van der Waals surface area contributed by atoms with E-state index in [-0.39, 0.29) is 11.8 Å². The molecule has 3 aromatic rings. The maximum Gasteiger partial charge on any atom is 0.242 e. The quantitative estimate of drug-likeness (QED) is 0.799. The zero-order valence-corrected chi connectivity index (χ0v) is 13.2. The molecular formula is C18H16N4O2. The van der Waals surface area contributed by atoms with Crippen molar-refractivity contribution in [2.45, 2.75) is 12.8 Å². The molecule has 0 spiro atoms. The highest BCUT2D eigenvalue weighted by Crippen LogP contribution is 2.32. The predicted molar refractivity (Wildman–Crippen MR) is 90.7 cm³/mol. The molecule has 6 heteroatoms. The Morgan fingerprint density at radius 1 is 1.12 bits per heavy atom. The van der Waals surface area contributed by atoms with Crippen molar-refractivity contribution < 1.29 is 9.53 Å². The summed E-state index contributed by atoms with van der Waals surface area (Å²) >= 11 is 0. The Bertz CT molecular complexity index is 908. The molecule has 2 heterocycles. The van der Waals surface area contributed by atoms with E-state index < -0.39 is 0 Å². The van der Waals surface area contributed by atoms with Crippen molar-refractivity contribution in [2.75, 3.05) is 12.4 Å². The monoisotopic (exact) mass is 320 g/mol. The lowest BCUT2D eigenvalue weighted by molar-refractivity contribution is -0.117. The first-order chi connectivity index (χ1) is 11.8. The number of nitrogens with zero attached hydrogens (tertiary/aromatic N) is 3. The highest BCUT2D eigenvalue weighted by Gasteiger charge is 2.30. The number of nitrogens with one attached hydrogen (secondary N) is 1. The molecule has 2 aromatic heterocycles. The van der Waals surface area contributed by atoms with Crippen molar-refractivity contribution in [3.05, 3.63) is 42.7 Å². The number of methoxy groups -OCH3 is 1. The van der Waals surface area contributed by atoms with E-state index in [1.54, 1.807) is 19.5 Å². The molecule has 1 aromatic carbocycles. The fourth-order valence-electron chi connectivity index (χ4n) is 2.59. The Balaban J connectivity index is 1.81. The van der Waals surface area contributed by atoms with Gasteiger partial charge in [-0.3, -0.25) is 4.79 Å². The van der Waals surface area contributed by atoms with Crippen LogP contribution in [0, 0.1) is 5.92 Å². The number of fused-ring (bicyclic) bond motifs is 1. The molecule has 1 N–H and O–H groups in total. The highest BCUT2D eigenvalue weighted by atomic mass is 16.5. The van der Waals surface area contributed by atoms with E-state index in [0.29, 0.717) is 22.7 Å². The molecule has 1 fully saturated rings. The number of amides is 1. The Labute approximate surface area is 138 Å². The molecule has 4 rings (SSSR count). The van der Waals surface area contributed by atoms with Crippen molar-refractivity contribution >= 4 is 22.8 Å². The second kappa shape index (κ2) is 5.88. The van der Waals surface area contributed by atoms with Crippen molar-refractivity contribution in [1.29, 1.82) is 0 Å². The Kier molecular flexibility index (Phi) is 3.57. The van der Waals surface area contributed by atoms with Crippen LogP contribution in [0.2, 0.25) is 0 Å². The fraction of sp³-hybridized carbons (Fsp3) is 0.222. The van der Waals surface area contributed by atoms with Crippen LogP contribution in [0.1, 0.15) is 12.8 Å². The van der Waals surface area contributed by atoms with Crippen LogP contribution in [0.5, 0.6) is 5.88 Å². The van der Waals surface area contributed by atoms with E-state index >= 15 is 0 Å². The zero-order valence-electron chi connectivity index (χ0n) is 13.2. The van der Waals surface area contributed by atoms with Crippen molar-refractivity contribution in [3.63, 3.8) is 0 Å². The van der Waals surface area contributed by atoms with Gasteiger partial charge in [0.15, 0.2) is 11.3 Å². The van der Waals surface area contributed by atoms with Crippen LogP contribution in [-0.2, 0) is 4.79 Å². The summed E-state index contributed by atoms with van der Waals surface area (Å²) in [6, 6.07) is 9.87. The lowest BCUT2D eigenvalue weighted by atomic mass is 10.1. The van der Waals surface area contributed by atoms with E-state index in [1.165, 1.54) is 0 Å². The molecule has 120 valence electrons. The summed E-state index contributed by atoms with van der Waals surface area (Å²) < 4.78 is 5.31. The minimum atomic E-state index is -0.00482. The molecule has 0 saturated heterocycles. The molecule has 1 amide bonds. The second-order valence-corrected chi connectivity index (χ2v) is 5.76. The standard InChI is InChI=1S/C18H16N4O2/c1-24-18-16-15(13(9-20-18)11-5-3-2-4-6-11)19-10-14(21-16)22-17(23)12-7-8-12/h2-6,9-10,12H,7-8H2,1H3,(H,21,22,23). The highest BCUT2D eigenvalue weighted by molar-refractivity contribution is 5.97. The number of hydrogen-bond donors (Lipinski definition) is 1. The number of hydrogen-bond acceptors (Lipinski definition) is 5. The Hall–Kier alpha value is -3.02. The maximum atomic E-state index is 11.9. The summed E-state index contributed by atoms with van der Waals surface area (Å²) in [6.07, 6.45) is 5.19. The first-order valence-corrected chi connectivity index (χ1v) is 7.82. The second-order valence-electron chi connectivity index (χ2n) is 5.76. The minimum absolute atomic E-state index is 0.00482. The van der Waals surface area contributed by atoms with Gasteiger partial charge in [-0.2, -0.15) is 0 Å². The number of ether oxygens (including phenoxy) is 1. The van der Waals surface area contributed by atoms with Crippen LogP contribution >= 0.6 is 0 Å². The van der Waals surface area contributed by atoms with Gasteiger partial charge >= 0.3 is 0 Å². The number of carbonyl (C=O) groups is 1. The van der Waals surface area contributed by atoms with Crippen molar-refractivity contribution in [2.24, 2.45) is 5.92 Å². The summed E-state index contributed by atoms with van der Waals surface area (Å²) in [4.78, 5) is 25.3. The first kappa shape index (κ1) is 14.6. The van der Waals surface area contributed by atoms with E-state index in [4.69, 9.17) is 4.74 Å². The largest absolute Gasteiger partial charge is 0.479 e. The zero-order chi connectivity index (χ0) is 16.5. The van der Waals surface area contributed by atoms with Gasteiger partial charge in [0, 0.05) is 17.7 Å². The SMILES string of the molecule is COc1ncc(-c2ccccc2)c2ncc(NC(=O)C3CC3)nc12. The van der Waals surface area contributed by atoms with E-state index in [2.05, 4.69) is 20.3 Å². The van der Waals surface area contributed by atoms with Gasteiger partial charge in [-0.15, -0.1) is 0 Å². The average Bonchev–Trinajstić information content (AvgIpc) is 3.46. The van der Waals surface area contributed by atoms with E-state index in [9.17, 15) is 4.79 Å². The lowest BCUT2D eigenvalue weighted by Crippen LogP contribution is -2.14. The third-order valence-corrected chi connectivity index (χ3v) is 4.02. The molecule has 24 heavy (non-hydrogen) atoms. The summed E-state index contributed by atoms with van der Waals surface area (Å²) in [5, 5.41) is 2.81. The van der Waals surface area contributed by atoms with Crippen LogP contribution in [-0.4, -0.2) is 28.0 Å². The number of anilines is 1. The fourth-order valence-corrected chi connectivity index (χ4v) is 2.59. The lowest BCUT2D eigenvalue weighted by Gasteiger charge is -2.10. The van der Waals surface area contributed by atoms with Crippen molar-refractivity contribution in [3.8, 4) is 17.0 Å². The summed E-state index contributed by atoms with van der Waals surface area (Å²) in [6.45, 7) is 0. The number of carbonyl (C=O) groups excluding carboxylic acids is 1. The molecule has 0 aliphatic heterocycles. The number of benzene rings is 1. The number of aromatic nitrogens is 3. The van der Waals surface area contributed by atoms with Gasteiger partial charge in [0.2, 0.25) is 11.8 Å². The average molecular weight is 320 g/mol. The molecular weight excluding hydrogens is 304 g/mol. The molecule has 6 nitrogen and oxygen atoms in total. The molecule has 1 saturated carbocycles. The van der Waals surface area contributed by atoms with Crippen LogP contribution in [0.15, 0.2) is 42.7 Å². The molecule has 0 bridgehead atoms.